The van der Waals surface area contributed by atoms with Crippen LogP contribution in [-0.2, 0) is 11.2 Å². The van der Waals surface area contributed by atoms with E-state index in [1.165, 1.54) is 12.1 Å². The van der Waals surface area contributed by atoms with Crippen molar-refractivity contribution in [1.82, 2.24) is 4.98 Å². The van der Waals surface area contributed by atoms with E-state index in [9.17, 15) is 9.18 Å². The van der Waals surface area contributed by atoms with E-state index < -0.39 is 0 Å². The fraction of sp³-hybridized carbons (Fsp3) is 0.0833. The molecule has 82 valence electrons. The Morgan fingerprint density at radius 1 is 1.25 bits per heavy atom. The van der Waals surface area contributed by atoms with Crippen LogP contribution in [0.2, 0.25) is 0 Å². The number of nitrogens with one attached hydrogen (secondary N) is 1. The van der Waals surface area contributed by atoms with Crippen LogP contribution < -0.4 is 4.74 Å². The van der Waals surface area contributed by atoms with E-state index in [1.54, 1.807) is 30.5 Å². The molecule has 1 heterocycles. The van der Waals surface area contributed by atoms with Crippen LogP contribution in [0.3, 0.4) is 0 Å². The lowest BCUT2D eigenvalue weighted by atomic mass is 10.1. The standard InChI is InChI=1S/C12H10FNO2/c13-10-5-3-9(4-6-10)8-12(15)16-11-2-1-7-14-11/h1-7,14H,8H2. The number of carbonyl (C=O) groups excluding carboxylic acids is 1. The largest absolute Gasteiger partial charge is 0.409 e. The number of halogens is 1. The van der Waals surface area contributed by atoms with Gasteiger partial charge in [0.05, 0.1) is 6.42 Å². The van der Waals surface area contributed by atoms with Gasteiger partial charge in [0.25, 0.3) is 0 Å². The summed E-state index contributed by atoms with van der Waals surface area (Å²) in [4.78, 5) is 14.2. The molecule has 0 unspecified atom stereocenters. The lowest BCUT2D eigenvalue weighted by Crippen LogP contribution is -2.11. The van der Waals surface area contributed by atoms with Crippen LogP contribution in [0.1, 0.15) is 5.56 Å². The Labute approximate surface area is 91.9 Å². The van der Waals surface area contributed by atoms with Crippen molar-refractivity contribution in [2.45, 2.75) is 6.42 Å². The predicted molar refractivity (Wildman–Crippen MR) is 56.5 cm³/mol. The minimum Gasteiger partial charge on any atom is -0.409 e. The molecule has 0 radical (unpaired) electrons. The minimum atomic E-state index is -0.381. The second kappa shape index (κ2) is 4.61. The number of rotatable bonds is 3. The van der Waals surface area contributed by atoms with Gasteiger partial charge in [-0.2, -0.15) is 0 Å². The number of carbonyl (C=O) groups is 1. The molecule has 3 nitrogen and oxygen atoms in total. The van der Waals surface area contributed by atoms with E-state index in [0.29, 0.717) is 5.88 Å². The van der Waals surface area contributed by atoms with Gasteiger partial charge in [0, 0.05) is 12.3 Å². The molecule has 2 aromatic rings. The molecular weight excluding hydrogens is 209 g/mol. The molecule has 0 saturated carbocycles. The molecule has 0 spiro atoms. The van der Waals surface area contributed by atoms with Crippen molar-refractivity contribution in [3.8, 4) is 5.88 Å². The summed E-state index contributed by atoms with van der Waals surface area (Å²) in [6, 6.07) is 9.15. The molecule has 1 N–H and O–H groups in total. The van der Waals surface area contributed by atoms with Gasteiger partial charge >= 0.3 is 5.97 Å². The summed E-state index contributed by atoms with van der Waals surface area (Å²) in [5.41, 5.74) is 0.720. The van der Waals surface area contributed by atoms with Gasteiger partial charge in [-0.05, 0) is 23.8 Å². The Bertz CT molecular complexity index is 462. The average Bonchev–Trinajstić information content (AvgIpc) is 2.74. The van der Waals surface area contributed by atoms with Gasteiger partial charge in [0.1, 0.15) is 5.82 Å². The van der Waals surface area contributed by atoms with Gasteiger partial charge in [-0.3, -0.25) is 4.79 Å². The zero-order chi connectivity index (χ0) is 11.4. The number of benzene rings is 1. The number of ether oxygens (including phenoxy) is 1. The maximum atomic E-state index is 12.6. The molecule has 0 bridgehead atoms. The van der Waals surface area contributed by atoms with E-state index in [2.05, 4.69) is 4.98 Å². The molecule has 0 aliphatic rings. The first kappa shape index (κ1) is 10.4. The Hall–Kier alpha value is -2.10. The first-order valence-electron chi connectivity index (χ1n) is 4.82. The van der Waals surface area contributed by atoms with Crippen LogP contribution in [0, 0.1) is 5.82 Å². The van der Waals surface area contributed by atoms with E-state index in [4.69, 9.17) is 4.74 Å². The van der Waals surface area contributed by atoms with Crippen LogP contribution in [0.25, 0.3) is 0 Å². The topological polar surface area (TPSA) is 42.1 Å². The normalized spacial score (nSPS) is 10.1. The quantitative estimate of drug-likeness (QED) is 0.805. The Balaban J connectivity index is 1.95. The van der Waals surface area contributed by atoms with Gasteiger partial charge in [0.15, 0.2) is 0 Å². The second-order valence-corrected chi connectivity index (χ2v) is 3.31. The lowest BCUT2D eigenvalue weighted by Gasteiger charge is -2.01. The molecule has 0 aliphatic heterocycles. The molecule has 2 rings (SSSR count). The number of hydrogen-bond donors (Lipinski definition) is 1. The zero-order valence-electron chi connectivity index (χ0n) is 8.44. The average molecular weight is 219 g/mol. The van der Waals surface area contributed by atoms with E-state index >= 15 is 0 Å². The molecule has 0 amide bonds. The summed E-state index contributed by atoms with van der Waals surface area (Å²) in [5.74, 6) is -0.289. The maximum Gasteiger partial charge on any atom is 0.316 e. The summed E-state index contributed by atoms with van der Waals surface area (Å²) in [7, 11) is 0. The second-order valence-electron chi connectivity index (χ2n) is 3.31. The predicted octanol–water partition coefficient (Wildman–Crippen LogP) is 2.30. The number of aromatic nitrogens is 1. The molecule has 1 aromatic heterocycles. The Morgan fingerprint density at radius 2 is 2.00 bits per heavy atom. The van der Waals surface area contributed by atoms with Gasteiger partial charge in [-0.15, -0.1) is 0 Å². The summed E-state index contributed by atoms with van der Waals surface area (Å²) < 4.78 is 17.6. The molecule has 4 heteroatoms. The van der Waals surface area contributed by atoms with Crippen LogP contribution in [0.15, 0.2) is 42.6 Å². The van der Waals surface area contributed by atoms with Crippen molar-refractivity contribution in [3.05, 3.63) is 54.0 Å². The van der Waals surface area contributed by atoms with Gasteiger partial charge in [0.2, 0.25) is 5.88 Å². The van der Waals surface area contributed by atoms with Crippen molar-refractivity contribution >= 4 is 5.97 Å². The molecule has 16 heavy (non-hydrogen) atoms. The van der Waals surface area contributed by atoms with Crippen molar-refractivity contribution in [2.24, 2.45) is 0 Å². The molecule has 0 aliphatic carbocycles. The van der Waals surface area contributed by atoms with Gasteiger partial charge in [-0.1, -0.05) is 12.1 Å². The van der Waals surface area contributed by atoms with Gasteiger partial charge < -0.3 is 9.72 Å². The van der Waals surface area contributed by atoms with Crippen molar-refractivity contribution in [2.75, 3.05) is 0 Å². The number of esters is 1. The first-order chi connectivity index (χ1) is 7.74. The summed E-state index contributed by atoms with van der Waals surface area (Å²) in [5, 5.41) is 0. The monoisotopic (exact) mass is 219 g/mol. The van der Waals surface area contributed by atoms with Gasteiger partial charge in [-0.25, -0.2) is 4.39 Å². The fourth-order valence-electron chi connectivity index (χ4n) is 1.30. The maximum absolute atomic E-state index is 12.6. The first-order valence-corrected chi connectivity index (χ1v) is 4.82. The smallest absolute Gasteiger partial charge is 0.316 e. The van der Waals surface area contributed by atoms with Crippen molar-refractivity contribution in [1.29, 1.82) is 0 Å². The van der Waals surface area contributed by atoms with Crippen molar-refractivity contribution in [3.63, 3.8) is 0 Å². The zero-order valence-corrected chi connectivity index (χ0v) is 8.44. The third kappa shape index (κ3) is 2.70. The van der Waals surface area contributed by atoms with E-state index in [1.807, 2.05) is 0 Å². The molecule has 1 aromatic carbocycles. The third-order valence-corrected chi connectivity index (χ3v) is 2.05. The minimum absolute atomic E-state index is 0.124. The molecular formula is C12H10FNO2. The lowest BCUT2D eigenvalue weighted by molar-refractivity contribution is -0.133. The van der Waals surface area contributed by atoms with E-state index in [-0.39, 0.29) is 18.2 Å². The highest BCUT2D eigenvalue weighted by molar-refractivity contribution is 5.74. The van der Waals surface area contributed by atoms with E-state index in [0.717, 1.165) is 5.56 Å². The SMILES string of the molecule is O=C(Cc1ccc(F)cc1)Oc1ccc[nH]1. The van der Waals surface area contributed by atoms with Crippen LogP contribution in [-0.4, -0.2) is 11.0 Å². The van der Waals surface area contributed by atoms with Crippen LogP contribution in [0.4, 0.5) is 4.39 Å². The van der Waals surface area contributed by atoms with Crippen LogP contribution >= 0.6 is 0 Å². The number of hydrogen-bond acceptors (Lipinski definition) is 2. The highest BCUT2D eigenvalue weighted by atomic mass is 19.1. The summed E-state index contributed by atoms with van der Waals surface area (Å²) >= 11 is 0. The highest BCUT2D eigenvalue weighted by Gasteiger charge is 2.06. The Kier molecular flexibility index (Phi) is 3.00. The Morgan fingerprint density at radius 3 is 2.62 bits per heavy atom. The molecule has 0 saturated heterocycles. The van der Waals surface area contributed by atoms with Crippen molar-refractivity contribution < 1.29 is 13.9 Å². The van der Waals surface area contributed by atoms with Crippen LogP contribution in [0.5, 0.6) is 5.88 Å². The molecule has 0 fully saturated rings. The summed E-state index contributed by atoms with van der Waals surface area (Å²) in [6.07, 6.45) is 1.79. The number of H-pyrrole nitrogens is 1. The number of aromatic amines is 1. The third-order valence-electron chi connectivity index (χ3n) is 2.05. The fourth-order valence-corrected chi connectivity index (χ4v) is 1.30. The summed E-state index contributed by atoms with van der Waals surface area (Å²) in [6.45, 7) is 0. The molecule has 0 atom stereocenters. The highest BCUT2D eigenvalue weighted by Crippen LogP contribution is 2.08.